The first-order valence-corrected chi connectivity index (χ1v) is 10.3. The number of aromatic nitrogens is 2. The van der Waals surface area contributed by atoms with Gasteiger partial charge in [0.05, 0.1) is 5.56 Å². The maximum atomic E-state index is 14.5. The second-order valence-electron chi connectivity index (χ2n) is 8.08. The molecule has 2 heterocycles. The lowest BCUT2D eigenvalue weighted by atomic mass is 9.97. The minimum absolute atomic E-state index is 0.00458. The van der Waals surface area contributed by atoms with Crippen molar-refractivity contribution in [1.29, 1.82) is 0 Å². The molecule has 0 amide bonds. The lowest BCUT2D eigenvalue weighted by Gasteiger charge is -2.37. The number of carboxylic acids is 1. The number of aromatic carboxylic acids is 1. The summed E-state index contributed by atoms with van der Waals surface area (Å²) in [6.45, 7) is 3.60. The van der Waals surface area contributed by atoms with Gasteiger partial charge in [0.15, 0.2) is 0 Å². The van der Waals surface area contributed by atoms with Crippen LogP contribution >= 0.6 is 0 Å². The van der Waals surface area contributed by atoms with Crippen LogP contribution in [0.1, 0.15) is 49.0 Å². The largest absolute Gasteiger partial charge is 0.478 e. The van der Waals surface area contributed by atoms with Gasteiger partial charge in [-0.2, -0.15) is 4.98 Å². The highest BCUT2D eigenvalue weighted by Gasteiger charge is 2.32. The van der Waals surface area contributed by atoms with Crippen molar-refractivity contribution in [2.75, 3.05) is 11.4 Å². The number of anilines is 1. The Balaban J connectivity index is 1.72. The Morgan fingerprint density at radius 2 is 1.94 bits per heavy atom. The summed E-state index contributed by atoms with van der Waals surface area (Å²) in [5, 5.41) is 12.9. The molecule has 1 fully saturated rings. The lowest BCUT2D eigenvalue weighted by molar-refractivity contribution is 0.0179. The summed E-state index contributed by atoms with van der Waals surface area (Å²) in [7, 11) is 0. The third-order valence-corrected chi connectivity index (χ3v) is 5.71. The summed E-state index contributed by atoms with van der Waals surface area (Å²) < 4.78 is 48.0. The Hall–Kier alpha value is -3.36. The molecule has 32 heavy (non-hydrogen) atoms. The number of rotatable bonds is 5. The molecule has 0 aliphatic carbocycles. The fourth-order valence-electron chi connectivity index (χ4n) is 4.01. The van der Waals surface area contributed by atoms with Gasteiger partial charge in [0.25, 0.3) is 11.8 Å². The van der Waals surface area contributed by atoms with Gasteiger partial charge in [-0.25, -0.2) is 18.0 Å². The molecule has 0 saturated carbocycles. The van der Waals surface area contributed by atoms with E-state index in [-0.39, 0.29) is 28.9 Å². The average molecular weight is 445 g/mol. The highest BCUT2D eigenvalue weighted by atomic mass is 19.3. The Labute approximate surface area is 182 Å². The fraction of sp³-hybridized carbons (Fsp3) is 0.348. The van der Waals surface area contributed by atoms with Crippen LogP contribution in [-0.2, 0) is 5.92 Å². The van der Waals surface area contributed by atoms with E-state index in [2.05, 4.69) is 10.1 Å². The van der Waals surface area contributed by atoms with Crippen molar-refractivity contribution in [2.24, 2.45) is 0 Å². The van der Waals surface area contributed by atoms with E-state index in [1.165, 1.54) is 12.1 Å². The second kappa shape index (κ2) is 8.29. The molecule has 1 saturated heterocycles. The van der Waals surface area contributed by atoms with E-state index in [1.807, 2.05) is 11.8 Å². The molecule has 1 atom stereocenters. The van der Waals surface area contributed by atoms with E-state index < -0.39 is 23.3 Å². The zero-order chi connectivity index (χ0) is 23.0. The second-order valence-corrected chi connectivity index (χ2v) is 8.08. The molecule has 3 aromatic rings. The van der Waals surface area contributed by atoms with Crippen LogP contribution in [-0.4, -0.2) is 33.8 Å². The molecule has 0 bridgehead atoms. The van der Waals surface area contributed by atoms with E-state index in [1.54, 1.807) is 12.1 Å². The summed E-state index contributed by atoms with van der Waals surface area (Å²) >= 11 is 0. The summed E-state index contributed by atoms with van der Waals surface area (Å²) in [6, 6.07) is 8.22. The van der Waals surface area contributed by atoms with Crippen LogP contribution in [0, 0.1) is 5.82 Å². The molecule has 168 valence electrons. The van der Waals surface area contributed by atoms with Crippen molar-refractivity contribution in [3.8, 4) is 22.8 Å². The first-order chi connectivity index (χ1) is 15.1. The highest BCUT2D eigenvalue weighted by Crippen LogP contribution is 2.40. The van der Waals surface area contributed by atoms with Crippen molar-refractivity contribution in [2.45, 2.75) is 45.1 Å². The molecular formula is C23H22F3N3O3. The van der Waals surface area contributed by atoms with Crippen LogP contribution < -0.4 is 4.90 Å². The third kappa shape index (κ3) is 4.19. The number of carbonyl (C=O) groups is 1. The number of piperidine rings is 1. The molecule has 0 radical (unpaired) electrons. The molecule has 2 aromatic carbocycles. The van der Waals surface area contributed by atoms with Gasteiger partial charge in [-0.15, -0.1) is 0 Å². The zero-order valence-electron chi connectivity index (χ0n) is 17.6. The monoisotopic (exact) mass is 445 g/mol. The van der Waals surface area contributed by atoms with Crippen molar-refractivity contribution in [1.82, 2.24) is 10.1 Å². The van der Waals surface area contributed by atoms with E-state index in [4.69, 9.17) is 9.63 Å². The summed E-state index contributed by atoms with van der Waals surface area (Å²) in [5.74, 6) is -5.36. The van der Waals surface area contributed by atoms with Crippen LogP contribution in [0.25, 0.3) is 22.8 Å². The normalized spacial score (nSPS) is 16.9. The van der Waals surface area contributed by atoms with Crippen molar-refractivity contribution in [3.63, 3.8) is 0 Å². The first kappa shape index (κ1) is 21.9. The third-order valence-electron chi connectivity index (χ3n) is 5.71. The fourth-order valence-corrected chi connectivity index (χ4v) is 4.01. The highest BCUT2D eigenvalue weighted by molar-refractivity contribution is 5.89. The van der Waals surface area contributed by atoms with Gasteiger partial charge in [0.1, 0.15) is 5.82 Å². The number of hydrogen-bond donors (Lipinski definition) is 1. The van der Waals surface area contributed by atoms with Crippen LogP contribution in [0.3, 0.4) is 0 Å². The van der Waals surface area contributed by atoms with Gasteiger partial charge in [0.2, 0.25) is 5.82 Å². The Morgan fingerprint density at radius 3 is 2.62 bits per heavy atom. The summed E-state index contributed by atoms with van der Waals surface area (Å²) in [4.78, 5) is 17.4. The number of benzene rings is 2. The number of alkyl halides is 2. The topological polar surface area (TPSA) is 79.5 Å². The predicted molar refractivity (Wildman–Crippen MR) is 112 cm³/mol. The van der Waals surface area contributed by atoms with Gasteiger partial charge < -0.3 is 14.5 Å². The SMILES string of the molecule is CC1CCCCN1c1ccc(-c2nc(-c3ccc(F)c(C(=O)O)c3)no2)cc1C(C)(F)F. The minimum Gasteiger partial charge on any atom is -0.478 e. The molecule has 0 spiro atoms. The molecule has 1 unspecified atom stereocenters. The van der Waals surface area contributed by atoms with Gasteiger partial charge in [-0.1, -0.05) is 5.16 Å². The Bertz CT molecular complexity index is 1160. The molecule has 4 rings (SSSR count). The van der Waals surface area contributed by atoms with Gasteiger partial charge >= 0.3 is 5.97 Å². The maximum Gasteiger partial charge on any atom is 0.338 e. The van der Waals surface area contributed by atoms with Crippen LogP contribution in [0.2, 0.25) is 0 Å². The van der Waals surface area contributed by atoms with Gasteiger partial charge in [-0.3, -0.25) is 0 Å². The Kier molecular flexibility index (Phi) is 5.66. The number of carboxylic acid groups (broad SMARTS) is 1. The molecule has 1 N–H and O–H groups in total. The van der Waals surface area contributed by atoms with Crippen LogP contribution in [0.4, 0.5) is 18.9 Å². The van der Waals surface area contributed by atoms with Gasteiger partial charge in [0, 0.05) is 41.9 Å². The first-order valence-electron chi connectivity index (χ1n) is 10.3. The van der Waals surface area contributed by atoms with Crippen molar-refractivity contribution in [3.05, 3.63) is 53.3 Å². The Morgan fingerprint density at radius 1 is 1.19 bits per heavy atom. The van der Waals surface area contributed by atoms with E-state index >= 15 is 0 Å². The molecule has 6 nitrogen and oxygen atoms in total. The molecule has 9 heteroatoms. The molecule has 1 aliphatic rings. The minimum atomic E-state index is -3.08. The van der Waals surface area contributed by atoms with Crippen LogP contribution in [0.15, 0.2) is 40.9 Å². The van der Waals surface area contributed by atoms with Crippen molar-refractivity contribution >= 4 is 11.7 Å². The smallest absolute Gasteiger partial charge is 0.338 e. The van der Waals surface area contributed by atoms with E-state index in [0.717, 1.165) is 38.3 Å². The number of nitrogens with zero attached hydrogens (tertiary/aromatic N) is 3. The summed E-state index contributed by atoms with van der Waals surface area (Å²) in [5.41, 5.74) is 0.380. The number of hydrogen-bond acceptors (Lipinski definition) is 5. The zero-order valence-corrected chi connectivity index (χ0v) is 17.6. The predicted octanol–water partition coefficient (Wildman–Crippen LogP) is 5.73. The molecular weight excluding hydrogens is 423 g/mol. The van der Waals surface area contributed by atoms with Gasteiger partial charge in [-0.05, 0) is 62.6 Å². The van der Waals surface area contributed by atoms with E-state index in [9.17, 15) is 18.0 Å². The standard InChI is InChI=1S/C23H22F3N3O3/c1-13-5-3-4-10-29(13)19-9-7-15(12-17(19)23(2,25)26)21-27-20(28-32-21)14-6-8-18(24)16(11-14)22(30)31/h6-9,11-13H,3-5,10H2,1-2H3,(H,30,31). The van der Waals surface area contributed by atoms with Crippen LogP contribution in [0.5, 0.6) is 0 Å². The average Bonchev–Trinajstić information content (AvgIpc) is 3.23. The molecule has 1 aliphatic heterocycles. The lowest BCUT2D eigenvalue weighted by Crippen LogP contribution is -2.38. The summed E-state index contributed by atoms with van der Waals surface area (Å²) in [6.07, 6.45) is 2.97. The molecule has 1 aromatic heterocycles. The van der Waals surface area contributed by atoms with Crippen molar-refractivity contribution < 1.29 is 27.6 Å². The van der Waals surface area contributed by atoms with E-state index in [0.29, 0.717) is 17.8 Å². The quantitative estimate of drug-likeness (QED) is 0.540. The number of halogens is 3. The maximum absolute atomic E-state index is 14.5.